The molecule has 196 valence electrons. The molecule has 1 atom stereocenters. The van der Waals surface area contributed by atoms with E-state index in [1.54, 1.807) is 18.5 Å². The molecule has 0 radical (unpaired) electrons. The van der Waals surface area contributed by atoms with Crippen LogP contribution < -0.4 is 10.6 Å². The first-order valence-electron chi connectivity index (χ1n) is 12.0. The molecule has 0 aliphatic heterocycles. The second-order valence-corrected chi connectivity index (χ2v) is 11.8. The van der Waals surface area contributed by atoms with Crippen molar-refractivity contribution in [2.75, 3.05) is 11.9 Å². The molecule has 6 nitrogen and oxygen atoms in total. The molecule has 1 unspecified atom stereocenters. The summed E-state index contributed by atoms with van der Waals surface area (Å²) in [5, 5.41) is 6.70. The molecule has 3 aromatic heterocycles. The number of hydrogen-bond donors (Lipinski definition) is 2. The number of nitrogens with one attached hydrogen (secondary N) is 2. The minimum Gasteiger partial charge on any atom is -0.350 e. The molecule has 2 aromatic carbocycles. The lowest BCUT2D eigenvalue weighted by molar-refractivity contribution is 0.0942. The summed E-state index contributed by atoms with van der Waals surface area (Å²) in [5.74, 6) is -0.677. The molecule has 5 aromatic rings. The van der Waals surface area contributed by atoms with E-state index in [2.05, 4.69) is 41.5 Å². The summed E-state index contributed by atoms with van der Waals surface area (Å²) in [7, 11) is 0. The summed E-state index contributed by atoms with van der Waals surface area (Å²) in [6, 6.07) is 23.2. The van der Waals surface area contributed by atoms with Crippen molar-refractivity contribution in [3.05, 3.63) is 124 Å². The van der Waals surface area contributed by atoms with Crippen LogP contribution in [0.15, 0.2) is 105 Å². The number of thiazole rings is 1. The van der Waals surface area contributed by atoms with Crippen LogP contribution in [0.3, 0.4) is 0 Å². The topological polar surface area (TPSA) is 79.8 Å². The molecule has 0 saturated heterocycles. The average Bonchev–Trinajstić information content (AvgIpc) is 3.38. The second kappa shape index (κ2) is 12.5. The zero-order valence-electron chi connectivity index (χ0n) is 20.8. The van der Waals surface area contributed by atoms with E-state index in [1.807, 2.05) is 73.7 Å². The Morgan fingerprint density at radius 2 is 1.79 bits per heavy atom. The normalized spacial score (nSPS) is 11.7. The number of rotatable bonds is 9. The Morgan fingerprint density at radius 1 is 1.03 bits per heavy atom. The molecule has 1 amide bonds. The molecule has 0 fully saturated rings. The Hall–Kier alpha value is -3.60. The van der Waals surface area contributed by atoms with E-state index >= 15 is 4.39 Å². The predicted octanol–water partition coefficient (Wildman–Crippen LogP) is 7.60. The fourth-order valence-electron chi connectivity index (χ4n) is 3.98. The maximum Gasteiger partial charge on any atom is 0.273 e. The standard InChI is InChI=1S/C29H23BrFN5OS2/c1-18-11-13-32-24(15-18)36-29-35-17-25(39-29)38-23-12-14-33-27(26(23)31)28(37)34-16-21(19-7-3-2-4-8-19)20-9-5-6-10-22(20)30/h2-15,17,21H,16H2,1H3,(H,34,37)(H,32,35,36). The van der Waals surface area contributed by atoms with Gasteiger partial charge < -0.3 is 10.6 Å². The number of nitrogens with zero attached hydrogens (tertiary/aromatic N) is 3. The van der Waals surface area contributed by atoms with Crippen LogP contribution in [0.4, 0.5) is 15.3 Å². The SMILES string of the molecule is Cc1ccnc(Nc2ncc(Sc3ccnc(C(=O)NCC(c4ccccc4)c4ccccc4Br)c3F)s2)c1. The first-order valence-corrected chi connectivity index (χ1v) is 14.5. The molecule has 0 spiro atoms. The summed E-state index contributed by atoms with van der Waals surface area (Å²) in [6.45, 7) is 2.26. The number of carbonyl (C=O) groups excluding carboxylic acids is 1. The number of pyridine rings is 2. The number of hydrogen-bond acceptors (Lipinski definition) is 7. The lowest BCUT2D eigenvalue weighted by atomic mass is 9.91. The van der Waals surface area contributed by atoms with Gasteiger partial charge in [0.2, 0.25) is 0 Å². The molecule has 0 aliphatic rings. The number of carbonyl (C=O) groups is 1. The van der Waals surface area contributed by atoms with Gasteiger partial charge in [-0.2, -0.15) is 0 Å². The average molecular weight is 621 g/mol. The van der Waals surface area contributed by atoms with Crippen molar-refractivity contribution in [1.29, 1.82) is 0 Å². The Bertz CT molecular complexity index is 1600. The second-order valence-electron chi connectivity index (χ2n) is 8.60. The Labute approximate surface area is 242 Å². The van der Waals surface area contributed by atoms with Crippen LogP contribution >= 0.6 is 39.0 Å². The van der Waals surface area contributed by atoms with Gasteiger partial charge in [0.05, 0.1) is 15.3 Å². The lowest BCUT2D eigenvalue weighted by Crippen LogP contribution is -2.30. The third-order valence-electron chi connectivity index (χ3n) is 5.86. The fourth-order valence-corrected chi connectivity index (χ4v) is 6.41. The maximum absolute atomic E-state index is 15.4. The van der Waals surface area contributed by atoms with E-state index in [0.717, 1.165) is 25.4 Å². The van der Waals surface area contributed by atoms with Crippen LogP contribution in [0.2, 0.25) is 0 Å². The van der Waals surface area contributed by atoms with Gasteiger partial charge in [0.25, 0.3) is 5.91 Å². The molecular weight excluding hydrogens is 597 g/mol. The Kier molecular flexibility index (Phi) is 8.65. The largest absolute Gasteiger partial charge is 0.350 e. The summed E-state index contributed by atoms with van der Waals surface area (Å²) in [5.41, 5.74) is 2.90. The van der Waals surface area contributed by atoms with Gasteiger partial charge in [-0.25, -0.2) is 19.3 Å². The predicted molar refractivity (Wildman–Crippen MR) is 157 cm³/mol. The zero-order chi connectivity index (χ0) is 27.2. The van der Waals surface area contributed by atoms with Gasteiger partial charge in [-0.3, -0.25) is 4.79 Å². The van der Waals surface area contributed by atoms with Gasteiger partial charge in [-0.1, -0.05) is 87.6 Å². The van der Waals surface area contributed by atoms with Crippen LogP contribution in [-0.4, -0.2) is 27.4 Å². The number of aryl methyl sites for hydroxylation is 1. The van der Waals surface area contributed by atoms with Crippen LogP contribution in [0, 0.1) is 12.7 Å². The van der Waals surface area contributed by atoms with E-state index in [-0.39, 0.29) is 18.2 Å². The third-order valence-corrected chi connectivity index (χ3v) is 8.64. The van der Waals surface area contributed by atoms with E-state index in [9.17, 15) is 4.79 Å². The fraction of sp³-hybridized carbons (Fsp3) is 0.103. The highest BCUT2D eigenvalue weighted by atomic mass is 79.9. The third kappa shape index (κ3) is 6.70. The van der Waals surface area contributed by atoms with Gasteiger partial charge >= 0.3 is 0 Å². The van der Waals surface area contributed by atoms with Crippen LogP contribution in [0.5, 0.6) is 0 Å². The van der Waals surface area contributed by atoms with Crippen molar-refractivity contribution in [3.8, 4) is 0 Å². The smallest absolute Gasteiger partial charge is 0.273 e. The van der Waals surface area contributed by atoms with Crippen molar-refractivity contribution in [1.82, 2.24) is 20.3 Å². The van der Waals surface area contributed by atoms with E-state index in [1.165, 1.54) is 29.3 Å². The van der Waals surface area contributed by atoms with Crippen molar-refractivity contribution >= 4 is 55.9 Å². The van der Waals surface area contributed by atoms with Crippen molar-refractivity contribution in [3.63, 3.8) is 0 Å². The number of anilines is 2. The molecule has 10 heteroatoms. The monoisotopic (exact) mass is 619 g/mol. The lowest BCUT2D eigenvalue weighted by Gasteiger charge is -2.20. The summed E-state index contributed by atoms with van der Waals surface area (Å²) in [6.07, 6.45) is 4.83. The van der Waals surface area contributed by atoms with E-state index in [4.69, 9.17) is 0 Å². The quantitative estimate of drug-likeness (QED) is 0.177. The van der Waals surface area contributed by atoms with Crippen LogP contribution in [0.1, 0.15) is 33.1 Å². The Balaban J connectivity index is 1.30. The number of amides is 1. The van der Waals surface area contributed by atoms with E-state index < -0.39 is 11.7 Å². The highest BCUT2D eigenvalue weighted by molar-refractivity contribution is 9.10. The highest BCUT2D eigenvalue weighted by Gasteiger charge is 2.22. The summed E-state index contributed by atoms with van der Waals surface area (Å²) < 4.78 is 17.1. The van der Waals surface area contributed by atoms with Gasteiger partial charge in [-0.15, -0.1) is 0 Å². The number of aromatic nitrogens is 3. The van der Waals surface area contributed by atoms with Gasteiger partial charge in [0.1, 0.15) is 5.82 Å². The minimum absolute atomic E-state index is 0.127. The highest BCUT2D eigenvalue weighted by Crippen LogP contribution is 2.36. The van der Waals surface area contributed by atoms with Gasteiger partial charge in [0.15, 0.2) is 16.6 Å². The number of halogens is 2. The zero-order valence-corrected chi connectivity index (χ0v) is 24.0. The molecule has 0 saturated carbocycles. The first kappa shape index (κ1) is 27.0. The summed E-state index contributed by atoms with van der Waals surface area (Å²) >= 11 is 6.19. The molecule has 3 heterocycles. The first-order chi connectivity index (χ1) is 19.0. The van der Waals surface area contributed by atoms with Crippen molar-refractivity contribution in [2.24, 2.45) is 0 Å². The molecule has 39 heavy (non-hydrogen) atoms. The van der Waals surface area contributed by atoms with Crippen molar-refractivity contribution < 1.29 is 9.18 Å². The molecule has 2 N–H and O–H groups in total. The van der Waals surface area contributed by atoms with E-state index in [0.29, 0.717) is 15.8 Å². The molecule has 5 rings (SSSR count). The van der Waals surface area contributed by atoms with Gasteiger partial charge in [0, 0.05) is 29.3 Å². The molecule has 0 bridgehead atoms. The molecule has 0 aliphatic carbocycles. The van der Waals surface area contributed by atoms with Crippen LogP contribution in [0.25, 0.3) is 0 Å². The Morgan fingerprint density at radius 3 is 2.59 bits per heavy atom. The minimum atomic E-state index is -0.666. The number of benzene rings is 2. The molecular formula is C29H23BrFN5OS2. The maximum atomic E-state index is 15.4. The summed E-state index contributed by atoms with van der Waals surface area (Å²) in [4.78, 5) is 26.1. The van der Waals surface area contributed by atoms with Crippen LogP contribution in [-0.2, 0) is 0 Å². The van der Waals surface area contributed by atoms with Crippen molar-refractivity contribution in [2.45, 2.75) is 21.9 Å². The van der Waals surface area contributed by atoms with Gasteiger partial charge in [-0.05, 0) is 47.9 Å².